The van der Waals surface area contributed by atoms with E-state index in [9.17, 15) is 4.79 Å². The Hall–Kier alpha value is -0.220. The zero-order valence-corrected chi connectivity index (χ0v) is 12.0. The van der Waals surface area contributed by atoms with E-state index in [1.807, 2.05) is 11.8 Å². The molecule has 1 amide bonds. The topological polar surface area (TPSA) is 32.3 Å². The number of hydrogen-bond acceptors (Lipinski definition) is 3. The van der Waals surface area contributed by atoms with Gasteiger partial charge in [0.25, 0.3) is 0 Å². The lowest BCUT2D eigenvalue weighted by Gasteiger charge is -2.29. The molecule has 2 heterocycles. The minimum absolute atomic E-state index is 0.0625. The van der Waals surface area contributed by atoms with Gasteiger partial charge in [-0.05, 0) is 17.8 Å². The fourth-order valence-electron chi connectivity index (χ4n) is 2.61. The lowest BCUT2D eigenvalue weighted by molar-refractivity contribution is -0.132. The standard InChI is InChI=1S/C13H24N2OS/c1-13(2,3)10-4-6-15(8-10)12(16)11-9-17-7-5-14-11/h10-11,14H,4-9H2,1-3H3. The Kier molecular flexibility index (Phi) is 4.03. The van der Waals surface area contributed by atoms with Crippen molar-refractivity contribution in [3.05, 3.63) is 0 Å². The Morgan fingerprint density at radius 1 is 1.41 bits per heavy atom. The predicted molar refractivity (Wildman–Crippen MR) is 73.3 cm³/mol. The number of thioether (sulfide) groups is 1. The van der Waals surface area contributed by atoms with Crippen molar-refractivity contribution in [3.8, 4) is 0 Å². The first kappa shape index (κ1) is 13.2. The van der Waals surface area contributed by atoms with E-state index in [2.05, 4.69) is 31.0 Å². The Labute approximate surface area is 109 Å². The van der Waals surface area contributed by atoms with Gasteiger partial charge in [-0.25, -0.2) is 0 Å². The molecule has 0 aromatic carbocycles. The van der Waals surface area contributed by atoms with Gasteiger partial charge >= 0.3 is 0 Å². The number of nitrogens with one attached hydrogen (secondary N) is 1. The number of rotatable bonds is 1. The highest BCUT2D eigenvalue weighted by atomic mass is 32.2. The summed E-state index contributed by atoms with van der Waals surface area (Å²) >= 11 is 1.89. The van der Waals surface area contributed by atoms with Crippen LogP contribution in [0, 0.1) is 11.3 Å². The molecule has 0 spiro atoms. The molecule has 1 N–H and O–H groups in total. The molecule has 4 heteroatoms. The van der Waals surface area contributed by atoms with Crippen molar-refractivity contribution in [1.29, 1.82) is 0 Å². The average Bonchev–Trinajstić information content (AvgIpc) is 2.78. The monoisotopic (exact) mass is 256 g/mol. The summed E-state index contributed by atoms with van der Waals surface area (Å²) in [6.45, 7) is 9.70. The van der Waals surface area contributed by atoms with Crippen molar-refractivity contribution in [2.24, 2.45) is 11.3 Å². The molecule has 2 aliphatic heterocycles. The second-order valence-electron chi connectivity index (χ2n) is 6.22. The van der Waals surface area contributed by atoms with Crippen LogP contribution in [0.3, 0.4) is 0 Å². The van der Waals surface area contributed by atoms with E-state index < -0.39 is 0 Å². The first-order valence-electron chi connectivity index (χ1n) is 6.58. The van der Waals surface area contributed by atoms with Crippen LogP contribution in [-0.2, 0) is 4.79 Å². The number of nitrogens with zero attached hydrogens (tertiary/aromatic N) is 1. The third-order valence-corrected chi connectivity index (χ3v) is 5.01. The lowest BCUT2D eigenvalue weighted by atomic mass is 9.80. The van der Waals surface area contributed by atoms with Crippen molar-refractivity contribution in [2.45, 2.75) is 33.2 Å². The number of amides is 1. The molecular weight excluding hydrogens is 232 g/mol. The minimum atomic E-state index is 0.0625. The van der Waals surface area contributed by atoms with Crippen LogP contribution in [0.15, 0.2) is 0 Å². The average molecular weight is 256 g/mol. The van der Waals surface area contributed by atoms with E-state index >= 15 is 0 Å². The van der Waals surface area contributed by atoms with Crippen molar-refractivity contribution < 1.29 is 4.79 Å². The summed E-state index contributed by atoms with van der Waals surface area (Å²) in [5.41, 5.74) is 0.323. The Bertz CT molecular complexity index is 282. The molecule has 2 unspecified atom stereocenters. The van der Waals surface area contributed by atoms with Crippen LogP contribution in [0.4, 0.5) is 0 Å². The SMILES string of the molecule is CC(C)(C)C1CCN(C(=O)C2CSCCN2)C1. The second kappa shape index (κ2) is 5.19. The van der Waals surface area contributed by atoms with Crippen LogP contribution in [-0.4, -0.2) is 48.0 Å². The highest BCUT2D eigenvalue weighted by molar-refractivity contribution is 7.99. The van der Waals surface area contributed by atoms with Gasteiger partial charge in [0.1, 0.15) is 0 Å². The molecule has 17 heavy (non-hydrogen) atoms. The number of carbonyl (C=O) groups is 1. The highest BCUT2D eigenvalue weighted by Gasteiger charge is 2.36. The van der Waals surface area contributed by atoms with Gasteiger partial charge in [0.05, 0.1) is 6.04 Å². The van der Waals surface area contributed by atoms with Crippen molar-refractivity contribution in [2.75, 3.05) is 31.1 Å². The van der Waals surface area contributed by atoms with Crippen LogP contribution in [0.2, 0.25) is 0 Å². The van der Waals surface area contributed by atoms with Gasteiger partial charge in [-0.3, -0.25) is 4.79 Å². The molecule has 0 aromatic rings. The molecule has 3 nitrogen and oxygen atoms in total. The summed E-state index contributed by atoms with van der Waals surface area (Å²) in [4.78, 5) is 14.4. The Balaban J connectivity index is 1.89. The zero-order valence-electron chi connectivity index (χ0n) is 11.2. The van der Waals surface area contributed by atoms with Gasteiger partial charge in [0, 0.05) is 31.1 Å². The number of likely N-dealkylation sites (tertiary alicyclic amines) is 1. The van der Waals surface area contributed by atoms with E-state index in [0.29, 0.717) is 17.2 Å². The third kappa shape index (κ3) is 3.16. The zero-order chi connectivity index (χ0) is 12.5. The molecule has 0 aliphatic carbocycles. The molecule has 2 rings (SSSR count). The molecule has 2 aliphatic rings. The molecule has 0 radical (unpaired) electrons. The quantitative estimate of drug-likeness (QED) is 0.773. The normalized spacial score (nSPS) is 30.6. The predicted octanol–water partition coefficient (Wildman–Crippen LogP) is 1.59. The van der Waals surface area contributed by atoms with Crippen LogP contribution >= 0.6 is 11.8 Å². The summed E-state index contributed by atoms with van der Waals surface area (Å²) < 4.78 is 0. The van der Waals surface area contributed by atoms with Crippen molar-refractivity contribution >= 4 is 17.7 Å². The maximum Gasteiger partial charge on any atom is 0.240 e. The van der Waals surface area contributed by atoms with E-state index in [1.54, 1.807) is 0 Å². The van der Waals surface area contributed by atoms with Crippen molar-refractivity contribution in [3.63, 3.8) is 0 Å². The lowest BCUT2D eigenvalue weighted by Crippen LogP contribution is -2.50. The first-order chi connectivity index (χ1) is 7.98. The molecular formula is C13H24N2OS. The van der Waals surface area contributed by atoms with Crippen LogP contribution in [0.25, 0.3) is 0 Å². The smallest absolute Gasteiger partial charge is 0.240 e. The summed E-state index contributed by atoms with van der Waals surface area (Å²) in [5, 5.41) is 3.34. The van der Waals surface area contributed by atoms with Crippen LogP contribution in [0.5, 0.6) is 0 Å². The van der Waals surface area contributed by atoms with Gasteiger partial charge in [0.2, 0.25) is 5.91 Å². The molecule has 98 valence electrons. The van der Waals surface area contributed by atoms with Gasteiger partial charge in [-0.15, -0.1) is 0 Å². The fraction of sp³-hybridized carbons (Fsp3) is 0.923. The fourth-order valence-corrected chi connectivity index (χ4v) is 3.54. The largest absolute Gasteiger partial charge is 0.341 e. The number of hydrogen-bond donors (Lipinski definition) is 1. The van der Waals surface area contributed by atoms with Gasteiger partial charge in [-0.2, -0.15) is 11.8 Å². The van der Waals surface area contributed by atoms with Gasteiger partial charge in [-0.1, -0.05) is 20.8 Å². The molecule has 2 fully saturated rings. The molecule has 0 aromatic heterocycles. The Morgan fingerprint density at radius 3 is 2.71 bits per heavy atom. The summed E-state index contributed by atoms with van der Waals surface area (Å²) in [5.74, 6) is 3.05. The minimum Gasteiger partial charge on any atom is -0.341 e. The highest BCUT2D eigenvalue weighted by Crippen LogP contribution is 2.33. The summed E-state index contributed by atoms with van der Waals surface area (Å²) in [6.07, 6.45) is 1.16. The Morgan fingerprint density at radius 2 is 2.18 bits per heavy atom. The van der Waals surface area contributed by atoms with E-state index in [-0.39, 0.29) is 6.04 Å². The molecule has 2 atom stereocenters. The van der Waals surface area contributed by atoms with E-state index in [4.69, 9.17) is 0 Å². The van der Waals surface area contributed by atoms with Crippen LogP contribution < -0.4 is 5.32 Å². The molecule has 0 bridgehead atoms. The van der Waals surface area contributed by atoms with Gasteiger partial charge < -0.3 is 10.2 Å². The summed E-state index contributed by atoms with van der Waals surface area (Å²) in [6, 6.07) is 0.0625. The third-order valence-electron chi connectivity index (χ3n) is 3.94. The first-order valence-corrected chi connectivity index (χ1v) is 7.74. The van der Waals surface area contributed by atoms with E-state index in [1.165, 1.54) is 0 Å². The second-order valence-corrected chi connectivity index (χ2v) is 7.37. The maximum atomic E-state index is 12.3. The van der Waals surface area contributed by atoms with E-state index in [0.717, 1.165) is 37.6 Å². The molecule has 0 saturated carbocycles. The molecule has 2 saturated heterocycles. The van der Waals surface area contributed by atoms with Gasteiger partial charge in [0.15, 0.2) is 0 Å². The maximum absolute atomic E-state index is 12.3. The summed E-state index contributed by atoms with van der Waals surface area (Å²) in [7, 11) is 0. The van der Waals surface area contributed by atoms with Crippen molar-refractivity contribution in [1.82, 2.24) is 10.2 Å². The number of carbonyl (C=O) groups excluding carboxylic acids is 1. The van der Waals surface area contributed by atoms with Crippen LogP contribution in [0.1, 0.15) is 27.2 Å².